The van der Waals surface area contributed by atoms with Crippen LogP contribution in [0, 0.1) is 11.8 Å². The molecule has 4 unspecified atom stereocenters. The van der Waals surface area contributed by atoms with Crippen molar-refractivity contribution in [1.29, 1.82) is 0 Å². The Morgan fingerprint density at radius 1 is 0.976 bits per heavy atom. The third-order valence-electron chi connectivity index (χ3n) is 7.88. The van der Waals surface area contributed by atoms with Crippen LogP contribution in [0.15, 0.2) is 48.5 Å². The topological polar surface area (TPSA) is 113 Å². The summed E-state index contributed by atoms with van der Waals surface area (Å²) in [7, 11) is 0. The number of hydrogen-bond donors (Lipinski definition) is 1. The van der Waals surface area contributed by atoms with Crippen molar-refractivity contribution in [3.63, 3.8) is 0 Å². The molecule has 1 heterocycles. The van der Waals surface area contributed by atoms with Crippen molar-refractivity contribution in [1.82, 2.24) is 4.90 Å². The first-order chi connectivity index (χ1) is 19.6. The smallest absolute Gasteiger partial charge is 0.317 e. The molecule has 1 saturated carbocycles. The van der Waals surface area contributed by atoms with Gasteiger partial charge in [0.1, 0.15) is 5.92 Å². The van der Waals surface area contributed by atoms with E-state index in [-0.39, 0.29) is 25.4 Å². The minimum absolute atomic E-state index is 0.0679. The SMILES string of the molecule is CCOC(=O)C1C(=O)CC(C)(O)C(C(=O)OCC)C1c1ccc(N2CCN(CC(=O)c3ccccc3)CC2)c(Cl)c1. The molecule has 1 aliphatic carbocycles. The van der Waals surface area contributed by atoms with Crippen molar-refractivity contribution in [2.45, 2.75) is 38.7 Å². The molecule has 2 fully saturated rings. The number of anilines is 1. The van der Waals surface area contributed by atoms with Crippen molar-refractivity contribution in [2.75, 3.05) is 50.8 Å². The summed E-state index contributed by atoms with van der Waals surface area (Å²) in [5.41, 5.74) is 0.195. The molecule has 1 saturated heterocycles. The van der Waals surface area contributed by atoms with Gasteiger partial charge in [0.25, 0.3) is 0 Å². The van der Waals surface area contributed by atoms with Crippen LogP contribution in [0.2, 0.25) is 5.02 Å². The first-order valence-corrected chi connectivity index (χ1v) is 14.4. The van der Waals surface area contributed by atoms with Gasteiger partial charge in [-0.1, -0.05) is 48.0 Å². The number of ketones is 2. The molecular weight excluding hydrogens is 548 g/mol. The number of carbonyl (C=O) groups is 4. The van der Waals surface area contributed by atoms with Gasteiger partial charge in [0.2, 0.25) is 0 Å². The minimum Gasteiger partial charge on any atom is -0.466 e. The second kappa shape index (κ2) is 13.1. The van der Waals surface area contributed by atoms with Gasteiger partial charge in [0.15, 0.2) is 11.6 Å². The van der Waals surface area contributed by atoms with E-state index >= 15 is 0 Å². The molecule has 10 heteroatoms. The summed E-state index contributed by atoms with van der Waals surface area (Å²) in [5.74, 6) is -5.33. The first-order valence-electron chi connectivity index (χ1n) is 14.0. The lowest BCUT2D eigenvalue weighted by molar-refractivity contribution is -0.172. The summed E-state index contributed by atoms with van der Waals surface area (Å²) in [4.78, 5) is 56.1. The van der Waals surface area contributed by atoms with E-state index in [9.17, 15) is 24.3 Å². The third-order valence-corrected chi connectivity index (χ3v) is 8.18. The predicted octanol–water partition coefficient (Wildman–Crippen LogP) is 3.51. The molecule has 4 atom stereocenters. The molecule has 2 aromatic rings. The monoisotopic (exact) mass is 584 g/mol. The predicted molar refractivity (Wildman–Crippen MR) is 154 cm³/mol. The average molecular weight is 585 g/mol. The van der Waals surface area contributed by atoms with Crippen LogP contribution in [-0.4, -0.2) is 85.1 Å². The first kappa shape index (κ1) is 30.7. The van der Waals surface area contributed by atoms with Crippen molar-refractivity contribution in [3.05, 3.63) is 64.7 Å². The number of hydrogen-bond acceptors (Lipinski definition) is 9. The minimum atomic E-state index is -1.73. The lowest BCUT2D eigenvalue weighted by Gasteiger charge is -2.43. The van der Waals surface area contributed by atoms with Gasteiger partial charge in [-0.25, -0.2) is 0 Å². The Morgan fingerprint density at radius 2 is 1.61 bits per heavy atom. The number of esters is 2. The fourth-order valence-corrected chi connectivity index (χ4v) is 6.24. The van der Waals surface area contributed by atoms with Crippen LogP contribution in [0.3, 0.4) is 0 Å². The summed E-state index contributed by atoms with van der Waals surface area (Å²) in [6.45, 7) is 7.84. The van der Waals surface area contributed by atoms with Gasteiger partial charge in [0, 0.05) is 44.1 Å². The van der Waals surface area contributed by atoms with E-state index in [1.54, 1.807) is 32.0 Å². The normalized spacial score (nSPS) is 25.0. The van der Waals surface area contributed by atoms with Gasteiger partial charge in [0.05, 0.1) is 42.0 Å². The number of rotatable bonds is 9. The molecule has 2 aliphatic rings. The van der Waals surface area contributed by atoms with E-state index < -0.39 is 41.1 Å². The largest absolute Gasteiger partial charge is 0.466 e. The molecule has 0 spiro atoms. The number of Topliss-reactive ketones (excluding diaryl/α,β-unsaturated/α-hetero) is 2. The van der Waals surface area contributed by atoms with Crippen molar-refractivity contribution in [2.24, 2.45) is 11.8 Å². The van der Waals surface area contributed by atoms with E-state index in [0.29, 0.717) is 48.9 Å². The fourth-order valence-electron chi connectivity index (χ4n) is 5.93. The summed E-state index contributed by atoms with van der Waals surface area (Å²) in [5, 5.41) is 11.6. The van der Waals surface area contributed by atoms with Crippen molar-refractivity contribution < 1.29 is 33.8 Å². The molecule has 4 rings (SSSR count). The molecule has 2 aromatic carbocycles. The molecular formula is C31H37ClN2O7. The number of benzene rings is 2. The maximum atomic E-state index is 13.2. The second-order valence-corrected chi connectivity index (χ2v) is 11.2. The Bertz CT molecular complexity index is 1270. The highest BCUT2D eigenvalue weighted by Crippen LogP contribution is 2.47. The zero-order chi connectivity index (χ0) is 29.7. The Kier molecular flexibility index (Phi) is 9.84. The highest BCUT2D eigenvalue weighted by atomic mass is 35.5. The number of aliphatic hydroxyl groups is 1. The van der Waals surface area contributed by atoms with Crippen molar-refractivity contribution >= 4 is 40.8 Å². The maximum absolute atomic E-state index is 13.2. The lowest BCUT2D eigenvalue weighted by atomic mass is 9.61. The van der Waals surface area contributed by atoms with E-state index in [1.165, 1.54) is 6.92 Å². The van der Waals surface area contributed by atoms with Crippen LogP contribution in [0.5, 0.6) is 0 Å². The summed E-state index contributed by atoms with van der Waals surface area (Å²) < 4.78 is 10.5. The zero-order valence-electron chi connectivity index (χ0n) is 23.7. The van der Waals surface area contributed by atoms with Gasteiger partial charge in [-0.05, 0) is 38.5 Å². The summed E-state index contributed by atoms with van der Waals surface area (Å²) in [6.07, 6.45) is -0.376. The quantitative estimate of drug-likeness (QED) is 0.269. The van der Waals surface area contributed by atoms with Crippen LogP contribution in [0.25, 0.3) is 0 Å². The van der Waals surface area contributed by atoms with Crippen LogP contribution < -0.4 is 4.90 Å². The van der Waals surface area contributed by atoms with Crippen LogP contribution >= 0.6 is 11.6 Å². The van der Waals surface area contributed by atoms with E-state index in [4.69, 9.17) is 21.1 Å². The third kappa shape index (κ3) is 6.80. The Morgan fingerprint density at radius 3 is 2.22 bits per heavy atom. The average Bonchev–Trinajstić information content (AvgIpc) is 2.93. The summed E-state index contributed by atoms with van der Waals surface area (Å²) >= 11 is 6.78. The van der Waals surface area contributed by atoms with E-state index in [2.05, 4.69) is 9.80 Å². The van der Waals surface area contributed by atoms with Gasteiger partial charge in [-0.15, -0.1) is 0 Å². The standard InChI is InChI=1S/C31H37ClN2O7/c1-4-40-29(37)27-24(35)18-31(3,39)28(30(38)41-5-2)26(27)21-11-12-23(22(32)17-21)34-15-13-33(14-16-34)19-25(36)20-9-7-6-8-10-20/h6-12,17,26-28,39H,4-5,13-16,18-19H2,1-3H3. The van der Waals surface area contributed by atoms with Gasteiger partial charge in [-0.3, -0.25) is 24.1 Å². The molecule has 41 heavy (non-hydrogen) atoms. The van der Waals surface area contributed by atoms with Crippen LogP contribution in [0.4, 0.5) is 5.69 Å². The molecule has 0 aromatic heterocycles. The van der Waals surface area contributed by atoms with Crippen LogP contribution in [0.1, 0.15) is 49.0 Å². The van der Waals surface area contributed by atoms with Crippen molar-refractivity contribution in [3.8, 4) is 0 Å². The molecule has 220 valence electrons. The molecule has 1 aliphatic heterocycles. The number of carbonyl (C=O) groups excluding carboxylic acids is 4. The van der Waals surface area contributed by atoms with Crippen LogP contribution in [-0.2, 0) is 23.9 Å². The lowest BCUT2D eigenvalue weighted by Crippen LogP contribution is -2.55. The highest BCUT2D eigenvalue weighted by molar-refractivity contribution is 6.33. The van der Waals surface area contributed by atoms with E-state index in [0.717, 1.165) is 5.69 Å². The molecule has 0 radical (unpaired) electrons. The highest BCUT2D eigenvalue weighted by Gasteiger charge is 2.57. The Hall–Kier alpha value is -3.27. The number of ether oxygens (including phenoxy) is 2. The number of halogens is 1. The molecule has 0 bridgehead atoms. The Balaban J connectivity index is 1.56. The molecule has 0 amide bonds. The molecule has 9 nitrogen and oxygen atoms in total. The van der Waals surface area contributed by atoms with Gasteiger partial charge >= 0.3 is 11.9 Å². The van der Waals surface area contributed by atoms with Gasteiger partial charge < -0.3 is 19.5 Å². The number of piperazine rings is 1. The summed E-state index contributed by atoms with van der Waals surface area (Å²) in [6, 6.07) is 14.4. The maximum Gasteiger partial charge on any atom is 0.317 e. The van der Waals surface area contributed by atoms with Gasteiger partial charge in [-0.2, -0.15) is 0 Å². The molecule has 1 N–H and O–H groups in total. The second-order valence-electron chi connectivity index (χ2n) is 10.7. The van der Waals surface area contributed by atoms with E-state index in [1.807, 2.05) is 30.3 Å². The number of nitrogens with zero attached hydrogens (tertiary/aromatic N) is 2. The fraction of sp³-hybridized carbons (Fsp3) is 0.484. The Labute approximate surface area is 245 Å². The zero-order valence-corrected chi connectivity index (χ0v) is 24.4.